The van der Waals surface area contributed by atoms with E-state index < -0.39 is 22.4 Å². The molecule has 0 aromatic heterocycles. The predicted molar refractivity (Wildman–Crippen MR) is 69.7 cm³/mol. The van der Waals surface area contributed by atoms with E-state index in [1.807, 2.05) is 13.8 Å². The molecule has 0 spiro atoms. The fourth-order valence-corrected chi connectivity index (χ4v) is 1.50. The Bertz CT molecular complexity index is 521. The lowest BCUT2D eigenvalue weighted by Crippen LogP contribution is -2.07. The van der Waals surface area contributed by atoms with Crippen molar-refractivity contribution >= 4 is 17.1 Å². The topological polar surface area (TPSA) is 67.5 Å². The zero-order valence-electron chi connectivity index (χ0n) is 11.0. The Labute approximate surface area is 113 Å². The second-order valence-corrected chi connectivity index (χ2v) is 3.98. The van der Waals surface area contributed by atoms with Gasteiger partial charge in [-0.05, 0) is 25.0 Å². The van der Waals surface area contributed by atoms with Gasteiger partial charge in [0.2, 0.25) is 0 Å². The Hall–Kier alpha value is -2.12. The highest BCUT2D eigenvalue weighted by Crippen LogP contribution is 2.34. The number of rotatable bonds is 5. The van der Waals surface area contributed by atoms with Gasteiger partial charge >= 0.3 is 6.18 Å². The molecule has 0 aliphatic heterocycles. The van der Waals surface area contributed by atoms with Crippen molar-refractivity contribution in [2.75, 3.05) is 5.43 Å². The maximum atomic E-state index is 12.5. The van der Waals surface area contributed by atoms with Crippen LogP contribution in [0, 0.1) is 10.1 Å². The molecule has 110 valence electrons. The van der Waals surface area contributed by atoms with Crippen LogP contribution in [0.1, 0.15) is 32.3 Å². The lowest BCUT2D eigenvalue weighted by atomic mass is 10.1. The molecule has 0 unspecified atom stereocenters. The zero-order valence-corrected chi connectivity index (χ0v) is 11.0. The zero-order chi connectivity index (χ0) is 15.3. The van der Waals surface area contributed by atoms with Crippen molar-refractivity contribution in [3.63, 3.8) is 0 Å². The fraction of sp³-hybridized carbons (Fsp3) is 0.417. The number of nitrogens with zero attached hydrogens (tertiary/aromatic N) is 2. The molecule has 0 amide bonds. The van der Waals surface area contributed by atoms with E-state index in [4.69, 9.17) is 0 Å². The van der Waals surface area contributed by atoms with Gasteiger partial charge in [-0.2, -0.15) is 18.3 Å². The van der Waals surface area contributed by atoms with E-state index >= 15 is 0 Å². The monoisotopic (exact) mass is 289 g/mol. The van der Waals surface area contributed by atoms with Gasteiger partial charge in [0.25, 0.3) is 5.69 Å². The normalized spacial score (nSPS) is 11.1. The summed E-state index contributed by atoms with van der Waals surface area (Å²) in [5, 5.41) is 14.8. The third-order valence-electron chi connectivity index (χ3n) is 2.67. The molecule has 0 heterocycles. The number of nitrogens with one attached hydrogen (secondary N) is 1. The molecule has 1 rings (SSSR count). The quantitative estimate of drug-likeness (QED) is 0.501. The van der Waals surface area contributed by atoms with Crippen LogP contribution < -0.4 is 5.43 Å². The number of benzene rings is 1. The van der Waals surface area contributed by atoms with Crippen molar-refractivity contribution in [1.29, 1.82) is 0 Å². The van der Waals surface area contributed by atoms with Gasteiger partial charge in [-0.3, -0.25) is 15.5 Å². The molecule has 5 nitrogen and oxygen atoms in total. The Morgan fingerprint density at radius 3 is 2.40 bits per heavy atom. The van der Waals surface area contributed by atoms with Gasteiger partial charge < -0.3 is 0 Å². The van der Waals surface area contributed by atoms with Crippen LogP contribution in [-0.4, -0.2) is 10.6 Å². The summed E-state index contributed by atoms with van der Waals surface area (Å²) in [6.45, 7) is 3.73. The van der Waals surface area contributed by atoms with Crippen molar-refractivity contribution in [3.05, 3.63) is 33.9 Å². The predicted octanol–water partition coefficient (Wildman–Crippen LogP) is 4.20. The van der Waals surface area contributed by atoms with Crippen LogP contribution in [0.25, 0.3) is 0 Å². The first-order valence-electron chi connectivity index (χ1n) is 5.96. The largest absolute Gasteiger partial charge is 0.416 e. The molecule has 0 fully saturated rings. The first kappa shape index (κ1) is 15.9. The van der Waals surface area contributed by atoms with Gasteiger partial charge in [0.05, 0.1) is 10.5 Å². The Morgan fingerprint density at radius 2 is 1.95 bits per heavy atom. The van der Waals surface area contributed by atoms with E-state index in [0.29, 0.717) is 18.9 Å². The van der Waals surface area contributed by atoms with E-state index in [-0.39, 0.29) is 5.69 Å². The molecule has 0 aliphatic carbocycles. The molecule has 0 saturated carbocycles. The molecule has 0 aliphatic rings. The van der Waals surface area contributed by atoms with Crippen LogP contribution in [0.15, 0.2) is 23.3 Å². The summed E-state index contributed by atoms with van der Waals surface area (Å²) in [6, 6.07) is 2.28. The SMILES string of the molecule is CCC(CC)=NNc1ccc(C(F)(F)F)cc1[N+](=O)[O-]. The van der Waals surface area contributed by atoms with Crippen molar-refractivity contribution in [3.8, 4) is 0 Å². The smallest absolute Gasteiger partial charge is 0.272 e. The molecule has 1 aromatic carbocycles. The summed E-state index contributed by atoms with van der Waals surface area (Å²) in [5.74, 6) is 0. The molecule has 0 saturated heterocycles. The molecular weight excluding hydrogens is 275 g/mol. The lowest BCUT2D eigenvalue weighted by Gasteiger charge is -2.09. The minimum Gasteiger partial charge on any atom is -0.272 e. The number of nitro benzene ring substituents is 1. The highest BCUT2D eigenvalue weighted by Gasteiger charge is 2.33. The molecule has 1 N–H and O–H groups in total. The van der Waals surface area contributed by atoms with Crippen LogP contribution in [-0.2, 0) is 6.18 Å². The van der Waals surface area contributed by atoms with Crippen molar-refractivity contribution in [2.45, 2.75) is 32.9 Å². The van der Waals surface area contributed by atoms with Gasteiger partial charge in [-0.1, -0.05) is 13.8 Å². The molecule has 0 bridgehead atoms. The Morgan fingerprint density at radius 1 is 1.35 bits per heavy atom. The first-order chi connectivity index (χ1) is 9.29. The Kier molecular flexibility index (Phi) is 5.06. The average Bonchev–Trinajstić information content (AvgIpc) is 2.38. The summed E-state index contributed by atoms with van der Waals surface area (Å²) in [4.78, 5) is 9.96. The minimum atomic E-state index is -4.62. The van der Waals surface area contributed by atoms with Gasteiger partial charge in [0.1, 0.15) is 5.69 Å². The summed E-state index contributed by atoms with van der Waals surface area (Å²) in [7, 11) is 0. The molecule has 0 atom stereocenters. The maximum Gasteiger partial charge on any atom is 0.416 e. The number of hydrazone groups is 1. The number of anilines is 1. The summed E-state index contributed by atoms with van der Waals surface area (Å²) in [5.41, 5.74) is 1.43. The number of nitro groups is 1. The van der Waals surface area contributed by atoms with Crippen molar-refractivity contribution in [1.82, 2.24) is 0 Å². The highest BCUT2D eigenvalue weighted by atomic mass is 19.4. The molecular formula is C12H14F3N3O2. The summed E-state index contributed by atoms with van der Waals surface area (Å²) in [6.07, 6.45) is -3.32. The molecule has 8 heteroatoms. The van der Waals surface area contributed by atoms with Gasteiger partial charge in [0, 0.05) is 11.8 Å². The van der Waals surface area contributed by atoms with Crippen molar-refractivity contribution < 1.29 is 18.1 Å². The van der Waals surface area contributed by atoms with Gasteiger partial charge in [0.15, 0.2) is 0 Å². The standard InChI is InChI=1S/C12H14F3N3O2/c1-3-9(4-2)16-17-10-6-5-8(12(13,14)15)7-11(10)18(19)20/h5-7,17H,3-4H2,1-2H3. The van der Waals surface area contributed by atoms with E-state index in [1.165, 1.54) is 0 Å². The average molecular weight is 289 g/mol. The summed E-state index contributed by atoms with van der Waals surface area (Å²) >= 11 is 0. The van der Waals surface area contributed by atoms with E-state index in [9.17, 15) is 23.3 Å². The van der Waals surface area contributed by atoms with E-state index in [1.54, 1.807) is 0 Å². The molecule has 1 aromatic rings. The number of hydrogen-bond donors (Lipinski definition) is 1. The van der Waals surface area contributed by atoms with Gasteiger partial charge in [-0.25, -0.2) is 0 Å². The van der Waals surface area contributed by atoms with Crippen LogP contribution in [0.2, 0.25) is 0 Å². The van der Waals surface area contributed by atoms with E-state index in [0.717, 1.165) is 17.8 Å². The maximum absolute atomic E-state index is 12.5. The van der Waals surface area contributed by atoms with E-state index in [2.05, 4.69) is 10.5 Å². The fourth-order valence-electron chi connectivity index (χ4n) is 1.50. The van der Waals surface area contributed by atoms with Crippen molar-refractivity contribution in [2.24, 2.45) is 5.10 Å². The number of halogens is 3. The molecule has 0 radical (unpaired) electrons. The summed E-state index contributed by atoms with van der Waals surface area (Å²) < 4.78 is 37.5. The van der Waals surface area contributed by atoms with Crippen LogP contribution in [0.5, 0.6) is 0 Å². The van der Waals surface area contributed by atoms with Crippen LogP contribution in [0.4, 0.5) is 24.5 Å². The molecule has 20 heavy (non-hydrogen) atoms. The third kappa shape index (κ3) is 3.94. The second-order valence-electron chi connectivity index (χ2n) is 3.98. The van der Waals surface area contributed by atoms with Crippen LogP contribution >= 0.6 is 0 Å². The third-order valence-corrected chi connectivity index (χ3v) is 2.67. The first-order valence-corrected chi connectivity index (χ1v) is 5.96. The second kappa shape index (κ2) is 6.36. The number of alkyl halides is 3. The highest BCUT2D eigenvalue weighted by molar-refractivity contribution is 5.84. The minimum absolute atomic E-state index is 0.0672. The Balaban J connectivity index is 3.15. The number of hydrogen-bond acceptors (Lipinski definition) is 4. The van der Waals surface area contributed by atoms with Crippen LogP contribution in [0.3, 0.4) is 0 Å². The lowest BCUT2D eigenvalue weighted by molar-refractivity contribution is -0.384. The van der Waals surface area contributed by atoms with Gasteiger partial charge in [-0.15, -0.1) is 0 Å².